The zero-order chi connectivity index (χ0) is 13.5. The molecule has 2 amide bonds. The van der Waals surface area contributed by atoms with Crippen LogP contribution in [0.15, 0.2) is 0 Å². The Morgan fingerprint density at radius 1 is 0.800 bits per heavy atom. The van der Waals surface area contributed by atoms with Crippen molar-refractivity contribution in [2.24, 2.45) is 23.7 Å². The average molecular weight is 276 g/mol. The van der Waals surface area contributed by atoms with Crippen molar-refractivity contribution in [3.63, 3.8) is 0 Å². The molecule has 4 rings (SSSR count). The molecular formula is C17H28N2O. The Morgan fingerprint density at radius 3 is 2.45 bits per heavy atom. The summed E-state index contributed by atoms with van der Waals surface area (Å²) < 4.78 is 0. The fraction of sp³-hybridized carbons (Fsp3) is 0.941. The van der Waals surface area contributed by atoms with Crippen LogP contribution in [0.2, 0.25) is 0 Å². The van der Waals surface area contributed by atoms with Gasteiger partial charge in [0.15, 0.2) is 0 Å². The first-order valence-corrected chi connectivity index (χ1v) is 8.85. The van der Waals surface area contributed by atoms with Gasteiger partial charge in [-0.3, -0.25) is 0 Å². The first kappa shape index (κ1) is 13.0. The highest BCUT2D eigenvalue weighted by Crippen LogP contribution is 2.53. The van der Waals surface area contributed by atoms with Gasteiger partial charge in [-0.1, -0.05) is 12.8 Å². The lowest BCUT2D eigenvalue weighted by atomic mass is 9.80. The zero-order valence-corrected chi connectivity index (χ0v) is 12.4. The number of nitrogens with one attached hydrogen (secondary N) is 2. The van der Waals surface area contributed by atoms with Crippen molar-refractivity contribution < 1.29 is 4.79 Å². The molecule has 0 saturated heterocycles. The van der Waals surface area contributed by atoms with Crippen LogP contribution in [0.3, 0.4) is 0 Å². The van der Waals surface area contributed by atoms with E-state index in [2.05, 4.69) is 10.6 Å². The van der Waals surface area contributed by atoms with E-state index >= 15 is 0 Å². The molecule has 3 nitrogen and oxygen atoms in total. The fourth-order valence-electron chi connectivity index (χ4n) is 5.74. The van der Waals surface area contributed by atoms with Gasteiger partial charge in [-0.25, -0.2) is 4.79 Å². The molecule has 4 aliphatic rings. The SMILES string of the molecule is O=C(NC1CCCC1)NC1CCC2CC3CC(C2)C1C3. The van der Waals surface area contributed by atoms with Gasteiger partial charge in [0.25, 0.3) is 0 Å². The van der Waals surface area contributed by atoms with Crippen molar-refractivity contribution in [3.05, 3.63) is 0 Å². The number of hydrogen-bond acceptors (Lipinski definition) is 1. The summed E-state index contributed by atoms with van der Waals surface area (Å²) in [5.41, 5.74) is 0. The van der Waals surface area contributed by atoms with Gasteiger partial charge in [-0.05, 0) is 75.0 Å². The van der Waals surface area contributed by atoms with Gasteiger partial charge < -0.3 is 10.6 Å². The molecule has 4 aliphatic carbocycles. The third-order valence-electron chi connectivity index (χ3n) is 6.56. The van der Waals surface area contributed by atoms with Gasteiger partial charge in [0.05, 0.1) is 0 Å². The Hall–Kier alpha value is -0.730. The predicted molar refractivity (Wildman–Crippen MR) is 79.4 cm³/mol. The van der Waals surface area contributed by atoms with Crippen LogP contribution in [0.5, 0.6) is 0 Å². The second-order valence-corrected chi connectivity index (χ2v) is 7.88. The van der Waals surface area contributed by atoms with Crippen LogP contribution in [-0.4, -0.2) is 18.1 Å². The summed E-state index contributed by atoms with van der Waals surface area (Å²) in [7, 11) is 0. The van der Waals surface area contributed by atoms with E-state index in [0.29, 0.717) is 12.1 Å². The summed E-state index contributed by atoms with van der Waals surface area (Å²) in [5, 5.41) is 6.55. The van der Waals surface area contributed by atoms with E-state index < -0.39 is 0 Å². The smallest absolute Gasteiger partial charge is 0.315 e. The molecule has 0 spiro atoms. The first-order chi connectivity index (χ1) is 9.78. The minimum absolute atomic E-state index is 0.114. The van der Waals surface area contributed by atoms with E-state index in [9.17, 15) is 4.79 Å². The van der Waals surface area contributed by atoms with E-state index in [1.807, 2.05) is 0 Å². The highest BCUT2D eigenvalue weighted by Gasteiger charge is 2.46. The maximum absolute atomic E-state index is 12.2. The van der Waals surface area contributed by atoms with Crippen molar-refractivity contribution in [2.75, 3.05) is 0 Å². The Labute approximate surface area is 122 Å². The van der Waals surface area contributed by atoms with Gasteiger partial charge in [-0.2, -0.15) is 0 Å². The number of rotatable bonds is 2. The summed E-state index contributed by atoms with van der Waals surface area (Å²) in [6, 6.07) is 1.01. The quantitative estimate of drug-likeness (QED) is 0.797. The van der Waals surface area contributed by atoms with E-state index in [1.165, 1.54) is 64.2 Å². The molecule has 0 heterocycles. The van der Waals surface area contributed by atoms with Gasteiger partial charge >= 0.3 is 6.03 Å². The molecular weight excluding hydrogens is 248 g/mol. The molecule has 0 aromatic carbocycles. The molecule has 0 radical (unpaired) electrons. The maximum Gasteiger partial charge on any atom is 0.315 e. The standard InChI is InChI=1S/C17H28N2O/c20-17(18-14-3-1-2-4-14)19-16-6-5-11-7-12-9-13(8-11)15(16)10-12/h11-16H,1-10H2,(H2,18,19,20). The minimum atomic E-state index is 0.114. The number of urea groups is 1. The predicted octanol–water partition coefficient (Wildman–Crippen LogP) is 3.44. The largest absolute Gasteiger partial charge is 0.335 e. The van der Waals surface area contributed by atoms with Gasteiger partial charge in [0.1, 0.15) is 0 Å². The Morgan fingerprint density at radius 2 is 1.60 bits per heavy atom. The first-order valence-electron chi connectivity index (χ1n) is 8.85. The summed E-state index contributed by atoms with van der Waals surface area (Å²) in [6.45, 7) is 0. The number of carbonyl (C=O) groups excluding carboxylic acids is 1. The molecule has 4 fully saturated rings. The van der Waals surface area contributed by atoms with Crippen LogP contribution in [0.4, 0.5) is 4.79 Å². The van der Waals surface area contributed by atoms with E-state index in [0.717, 1.165) is 23.7 Å². The Kier molecular flexibility index (Phi) is 3.39. The highest BCUT2D eigenvalue weighted by molar-refractivity contribution is 5.74. The second kappa shape index (κ2) is 5.23. The molecule has 5 unspecified atom stereocenters. The minimum Gasteiger partial charge on any atom is -0.335 e. The molecule has 20 heavy (non-hydrogen) atoms. The van der Waals surface area contributed by atoms with E-state index in [-0.39, 0.29) is 6.03 Å². The number of fused-ring (bicyclic) bond motifs is 2. The third kappa shape index (κ3) is 2.44. The lowest BCUT2D eigenvalue weighted by Crippen LogP contribution is -2.48. The highest BCUT2D eigenvalue weighted by atomic mass is 16.2. The molecule has 0 aliphatic heterocycles. The molecule has 0 aromatic heterocycles. The van der Waals surface area contributed by atoms with Gasteiger partial charge in [0.2, 0.25) is 0 Å². The van der Waals surface area contributed by atoms with E-state index in [1.54, 1.807) is 0 Å². The third-order valence-corrected chi connectivity index (χ3v) is 6.56. The topological polar surface area (TPSA) is 41.1 Å². The lowest BCUT2D eigenvalue weighted by Gasteiger charge is -2.27. The van der Waals surface area contributed by atoms with Crippen LogP contribution >= 0.6 is 0 Å². The van der Waals surface area contributed by atoms with Crippen molar-refractivity contribution in [1.82, 2.24) is 10.6 Å². The van der Waals surface area contributed by atoms with Crippen molar-refractivity contribution in [3.8, 4) is 0 Å². The maximum atomic E-state index is 12.2. The van der Waals surface area contributed by atoms with Crippen molar-refractivity contribution in [2.45, 2.75) is 76.3 Å². The summed E-state index contributed by atoms with van der Waals surface area (Å²) in [6.07, 6.45) is 13.2. The monoisotopic (exact) mass is 276 g/mol. The van der Waals surface area contributed by atoms with Crippen LogP contribution in [-0.2, 0) is 0 Å². The Balaban J connectivity index is 1.37. The van der Waals surface area contributed by atoms with Crippen molar-refractivity contribution >= 4 is 6.03 Å². The van der Waals surface area contributed by atoms with Crippen LogP contribution in [0.25, 0.3) is 0 Å². The molecule has 3 heteroatoms. The molecule has 0 aromatic rings. The summed E-state index contributed by atoms with van der Waals surface area (Å²) >= 11 is 0. The van der Waals surface area contributed by atoms with Crippen LogP contribution in [0, 0.1) is 23.7 Å². The molecule has 4 saturated carbocycles. The average Bonchev–Trinajstić information content (AvgIpc) is 2.99. The lowest BCUT2D eigenvalue weighted by molar-refractivity contribution is 0.220. The van der Waals surface area contributed by atoms with Crippen LogP contribution in [0.1, 0.15) is 64.2 Å². The molecule has 2 N–H and O–H groups in total. The number of hydrogen-bond donors (Lipinski definition) is 2. The van der Waals surface area contributed by atoms with Crippen LogP contribution < -0.4 is 10.6 Å². The molecule has 112 valence electrons. The van der Waals surface area contributed by atoms with Gasteiger partial charge in [-0.15, -0.1) is 0 Å². The molecule has 5 atom stereocenters. The molecule has 3 bridgehead atoms. The van der Waals surface area contributed by atoms with Crippen molar-refractivity contribution in [1.29, 1.82) is 0 Å². The van der Waals surface area contributed by atoms with E-state index in [4.69, 9.17) is 0 Å². The normalized spacial score (nSPS) is 43.5. The number of amides is 2. The Bertz CT molecular complexity index is 377. The zero-order valence-electron chi connectivity index (χ0n) is 12.4. The summed E-state index contributed by atoms with van der Waals surface area (Å²) in [4.78, 5) is 12.2. The van der Waals surface area contributed by atoms with Gasteiger partial charge in [0, 0.05) is 12.1 Å². The summed E-state index contributed by atoms with van der Waals surface area (Å²) in [5.74, 6) is 3.64. The second-order valence-electron chi connectivity index (χ2n) is 7.88. The fourth-order valence-corrected chi connectivity index (χ4v) is 5.74. The number of carbonyl (C=O) groups is 1.